The monoisotopic (exact) mass is 364 g/mol. The second-order valence-corrected chi connectivity index (χ2v) is 7.55. The molecule has 132 valence electrons. The third kappa shape index (κ3) is 3.40. The highest BCUT2D eigenvalue weighted by atomic mass is 32.2. The number of fused-ring (bicyclic) bond motifs is 1. The van der Waals surface area contributed by atoms with Gasteiger partial charge in [0.05, 0.1) is 10.6 Å². The Kier molecular flexibility index (Phi) is 4.80. The molecule has 4 nitrogen and oxygen atoms in total. The van der Waals surface area contributed by atoms with E-state index in [-0.39, 0.29) is 18.4 Å². The molecule has 0 N–H and O–H groups in total. The number of hydrogen-bond acceptors (Lipinski definition) is 3. The fraction of sp³-hybridized carbons (Fsp3) is 0.238. The second-order valence-electron chi connectivity index (χ2n) is 6.47. The van der Waals surface area contributed by atoms with Crippen molar-refractivity contribution in [3.8, 4) is 0 Å². The van der Waals surface area contributed by atoms with Gasteiger partial charge in [-0.2, -0.15) is 0 Å². The molecule has 0 aromatic heterocycles. The van der Waals surface area contributed by atoms with Gasteiger partial charge in [-0.05, 0) is 36.6 Å². The van der Waals surface area contributed by atoms with Crippen molar-refractivity contribution in [1.29, 1.82) is 0 Å². The van der Waals surface area contributed by atoms with Crippen molar-refractivity contribution in [3.05, 3.63) is 65.1 Å². The molecule has 0 aliphatic carbocycles. The van der Waals surface area contributed by atoms with Crippen molar-refractivity contribution in [3.63, 3.8) is 0 Å². The van der Waals surface area contributed by atoms with Crippen molar-refractivity contribution < 1.29 is 9.59 Å². The Hall–Kier alpha value is -2.53. The number of rotatable bonds is 3. The molecule has 2 aliphatic rings. The first kappa shape index (κ1) is 16.9. The third-order valence-corrected chi connectivity index (χ3v) is 5.76. The number of thioether (sulfide) groups is 1. The van der Waals surface area contributed by atoms with Gasteiger partial charge in [-0.15, -0.1) is 0 Å². The quantitative estimate of drug-likeness (QED) is 0.778. The summed E-state index contributed by atoms with van der Waals surface area (Å²) in [5.74, 6) is -0.0817. The normalized spacial score (nSPS) is 18.3. The maximum atomic E-state index is 13.1. The number of nitrogens with zero attached hydrogens (tertiary/aromatic N) is 2. The van der Waals surface area contributed by atoms with Crippen LogP contribution >= 0.6 is 11.8 Å². The molecule has 4 rings (SSSR count). The first-order valence-corrected chi connectivity index (χ1v) is 9.67. The minimum Gasteiger partial charge on any atom is -0.341 e. The summed E-state index contributed by atoms with van der Waals surface area (Å²) in [6.07, 6.45) is 3.99. The molecule has 2 heterocycles. The highest BCUT2D eigenvalue weighted by Crippen LogP contribution is 2.42. The maximum Gasteiger partial charge on any atom is 0.265 e. The predicted molar refractivity (Wildman–Crippen MR) is 105 cm³/mol. The zero-order chi connectivity index (χ0) is 17.9. The number of benzene rings is 2. The summed E-state index contributed by atoms with van der Waals surface area (Å²) in [4.78, 5) is 30.9. The molecule has 0 unspecified atom stereocenters. The minimum atomic E-state index is -0.106. The zero-order valence-corrected chi connectivity index (χ0v) is 15.2. The minimum absolute atomic E-state index is 0.0246. The van der Waals surface area contributed by atoms with Crippen LogP contribution in [-0.2, 0) is 9.59 Å². The summed E-state index contributed by atoms with van der Waals surface area (Å²) in [7, 11) is 0. The molecule has 2 aromatic carbocycles. The lowest BCUT2D eigenvalue weighted by Crippen LogP contribution is -2.43. The lowest BCUT2D eigenvalue weighted by molar-refractivity contribution is -0.130. The standard InChI is InChI=1S/C21H20N2O2S/c24-20(22-12-6-7-13-22)15-23-17-10-4-5-11-18(17)26-19(21(23)25)14-16-8-2-1-3-9-16/h1-5,8-11,14H,6-7,12-13,15H2/b19-14-. The maximum absolute atomic E-state index is 13.1. The fourth-order valence-electron chi connectivity index (χ4n) is 3.32. The van der Waals surface area contributed by atoms with E-state index in [2.05, 4.69) is 0 Å². The van der Waals surface area contributed by atoms with Crippen LogP contribution in [0.1, 0.15) is 18.4 Å². The van der Waals surface area contributed by atoms with Crippen LogP contribution in [0.15, 0.2) is 64.4 Å². The number of carbonyl (C=O) groups excluding carboxylic acids is 2. The van der Waals surface area contributed by atoms with E-state index in [1.54, 1.807) is 4.90 Å². The molecule has 0 atom stereocenters. The van der Waals surface area contributed by atoms with E-state index in [1.165, 1.54) is 11.8 Å². The van der Waals surface area contributed by atoms with Gasteiger partial charge in [0, 0.05) is 18.0 Å². The molecule has 5 heteroatoms. The summed E-state index contributed by atoms with van der Waals surface area (Å²) in [6, 6.07) is 17.6. The van der Waals surface area contributed by atoms with E-state index >= 15 is 0 Å². The average molecular weight is 364 g/mol. The Morgan fingerprint density at radius 2 is 1.69 bits per heavy atom. The SMILES string of the molecule is O=C(CN1C(=O)/C(=C/c2ccccc2)Sc2ccccc21)N1CCCC1. The van der Waals surface area contributed by atoms with Gasteiger partial charge in [-0.25, -0.2) is 0 Å². The van der Waals surface area contributed by atoms with Gasteiger partial charge < -0.3 is 4.90 Å². The molecule has 0 radical (unpaired) electrons. The van der Waals surface area contributed by atoms with E-state index in [0.717, 1.165) is 42.1 Å². The van der Waals surface area contributed by atoms with Gasteiger partial charge >= 0.3 is 0 Å². The van der Waals surface area contributed by atoms with Crippen LogP contribution in [-0.4, -0.2) is 36.3 Å². The summed E-state index contributed by atoms with van der Waals surface area (Å²) >= 11 is 1.47. The number of para-hydroxylation sites is 1. The molecule has 1 saturated heterocycles. The lowest BCUT2D eigenvalue weighted by atomic mass is 10.2. The van der Waals surface area contributed by atoms with E-state index in [9.17, 15) is 9.59 Å². The Morgan fingerprint density at radius 3 is 2.46 bits per heavy atom. The molecule has 2 amide bonds. The lowest BCUT2D eigenvalue weighted by Gasteiger charge is -2.31. The van der Waals surface area contributed by atoms with Crippen LogP contribution in [0.5, 0.6) is 0 Å². The molecule has 2 aromatic rings. The first-order valence-electron chi connectivity index (χ1n) is 8.85. The second kappa shape index (κ2) is 7.38. The van der Waals surface area contributed by atoms with Gasteiger partial charge in [-0.1, -0.05) is 54.2 Å². The van der Waals surface area contributed by atoms with Crippen LogP contribution in [0.25, 0.3) is 6.08 Å². The summed E-state index contributed by atoms with van der Waals surface area (Å²) in [6.45, 7) is 1.69. The average Bonchev–Trinajstić information content (AvgIpc) is 3.21. The van der Waals surface area contributed by atoms with Crippen LogP contribution in [0.4, 0.5) is 5.69 Å². The molecular formula is C21H20N2O2S. The summed E-state index contributed by atoms with van der Waals surface area (Å²) in [5, 5.41) is 0. The predicted octanol–water partition coefficient (Wildman–Crippen LogP) is 3.79. The van der Waals surface area contributed by atoms with E-state index < -0.39 is 0 Å². The Bertz CT molecular complexity index is 857. The van der Waals surface area contributed by atoms with Gasteiger partial charge in [0.15, 0.2) is 0 Å². The molecule has 1 fully saturated rings. The van der Waals surface area contributed by atoms with Crippen LogP contribution in [0.2, 0.25) is 0 Å². The van der Waals surface area contributed by atoms with Crippen LogP contribution < -0.4 is 4.90 Å². The van der Waals surface area contributed by atoms with E-state index in [1.807, 2.05) is 65.6 Å². The molecular weight excluding hydrogens is 344 g/mol. The molecule has 0 bridgehead atoms. The first-order chi connectivity index (χ1) is 12.7. The Balaban J connectivity index is 1.66. The van der Waals surface area contributed by atoms with Crippen molar-refractivity contribution in [2.75, 3.05) is 24.5 Å². The van der Waals surface area contributed by atoms with E-state index in [4.69, 9.17) is 0 Å². The van der Waals surface area contributed by atoms with Crippen molar-refractivity contribution in [1.82, 2.24) is 4.90 Å². The highest BCUT2D eigenvalue weighted by Gasteiger charge is 2.32. The van der Waals surface area contributed by atoms with Gasteiger partial charge in [0.2, 0.25) is 5.91 Å². The molecule has 0 saturated carbocycles. The molecule has 2 aliphatic heterocycles. The largest absolute Gasteiger partial charge is 0.341 e. The van der Waals surface area contributed by atoms with Gasteiger partial charge in [0.25, 0.3) is 5.91 Å². The van der Waals surface area contributed by atoms with Gasteiger partial charge in [-0.3, -0.25) is 14.5 Å². The molecule has 0 spiro atoms. The van der Waals surface area contributed by atoms with Crippen molar-refractivity contribution in [2.24, 2.45) is 0 Å². The summed E-state index contributed by atoms with van der Waals surface area (Å²) in [5.41, 5.74) is 1.80. The number of carbonyl (C=O) groups is 2. The molecule has 26 heavy (non-hydrogen) atoms. The number of anilines is 1. The number of hydrogen-bond donors (Lipinski definition) is 0. The van der Waals surface area contributed by atoms with Crippen molar-refractivity contribution >= 4 is 35.3 Å². The Labute approximate surface area is 157 Å². The third-order valence-electron chi connectivity index (χ3n) is 4.68. The number of amides is 2. The van der Waals surface area contributed by atoms with E-state index in [0.29, 0.717) is 4.91 Å². The number of likely N-dealkylation sites (tertiary alicyclic amines) is 1. The van der Waals surface area contributed by atoms with Crippen LogP contribution in [0, 0.1) is 0 Å². The Morgan fingerprint density at radius 1 is 1.00 bits per heavy atom. The smallest absolute Gasteiger partial charge is 0.265 e. The van der Waals surface area contributed by atoms with Crippen LogP contribution in [0.3, 0.4) is 0 Å². The van der Waals surface area contributed by atoms with Crippen molar-refractivity contribution in [2.45, 2.75) is 17.7 Å². The fourth-order valence-corrected chi connectivity index (χ4v) is 4.38. The van der Waals surface area contributed by atoms with Gasteiger partial charge in [0.1, 0.15) is 6.54 Å². The summed E-state index contributed by atoms with van der Waals surface area (Å²) < 4.78 is 0. The zero-order valence-electron chi connectivity index (χ0n) is 14.4. The highest BCUT2D eigenvalue weighted by molar-refractivity contribution is 8.04. The topological polar surface area (TPSA) is 40.6 Å².